The summed E-state index contributed by atoms with van der Waals surface area (Å²) < 4.78 is 6.58. The lowest BCUT2D eigenvalue weighted by Crippen LogP contribution is -1.96. The van der Waals surface area contributed by atoms with E-state index in [1.54, 1.807) is 7.11 Å². The summed E-state index contributed by atoms with van der Waals surface area (Å²) in [6.07, 6.45) is 1.11. The van der Waals surface area contributed by atoms with Gasteiger partial charge in [0.15, 0.2) is 0 Å². The summed E-state index contributed by atoms with van der Waals surface area (Å²) in [6, 6.07) is 4.09. The minimum Gasteiger partial charge on any atom is -0.496 e. The van der Waals surface area contributed by atoms with E-state index in [2.05, 4.69) is 44.8 Å². The summed E-state index contributed by atoms with van der Waals surface area (Å²) in [5.74, 6) is 1.63. The van der Waals surface area contributed by atoms with Crippen LogP contribution in [0.4, 0.5) is 0 Å². The molecule has 2 atom stereocenters. The van der Waals surface area contributed by atoms with Crippen LogP contribution in [0.15, 0.2) is 16.6 Å². The molecule has 0 spiro atoms. The Kier molecular flexibility index (Phi) is 2.89. The van der Waals surface area contributed by atoms with E-state index in [9.17, 15) is 0 Å². The minimum atomic E-state index is 0.421. The van der Waals surface area contributed by atoms with E-state index in [-0.39, 0.29) is 0 Å². The van der Waals surface area contributed by atoms with Crippen LogP contribution in [0, 0.1) is 5.92 Å². The lowest BCUT2D eigenvalue weighted by molar-refractivity contribution is 0.409. The number of benzene rings is 1. The topological polar surface area (TPSA) is 9.23 Å². The van der Waals surface area contributed by atoms with Crippen LogP contribution >= 0.6 is 31.9 Å². The summed E-state index contributed by atoms with van der Waals surface area (Å²) in [4.78, 5) is 0.421. The molecule has 1 aliphatic rings. The summed E-state index contributed by atoms with van der Waals surface area (Å²) >= 11 is 7.32. The van der Waals surface area contributed by atoms with E-state index in [0.717, 1.165) is 12.2 Å². The number of rotatable bonds is 1. The van der Waals surface area contributed by atoms with Crippen LogP contribution in [-0.4, -0.2) is 7.11 Å². The van der Waals surface area contributed by atoms with Crippen LogP contribution in [-0.2, 0) is 6.42 Å². The van der Waals surface area contributed by atoms with Gasteiger partial charge in [-0.3, -0.25) is 0 Å². The Morgan fingerprint density at radius 1 is 1.43 bits per heavy atom. The highest BCUT2D eigenvalue weighted by Crippen LogP contribution is 2.48. The normalized spacial score (nSPS) is 24.9. The van der Waals surface area contributed by atoms with Crippen LogP contribution in [0.2, 0.25) is 0 Å². The van der Waals surface area contributed by atoms with Crippen molar-refractivity contribution in [2.75, 3.05) is 7.11 Å². The molecule has 1 nitrogen and oxygen atoms in total. The Morgan fingerprint density at radius 2 is 2.14 bits per heavy atom. The number of ether oxygens (including phenoxy) is 1. The maximum absolute atomic E-state index is 5.38. The van der Waals surface area contributed by atoms with Gasteiger partial charge in [-0.2, -0.15) is 0 Å². The van der Waals surface area contributed by atoms with Crippen molar-refractivity contribution in [2.45, 2.75) is 18.2 Å². The fourth-order valence-electron chi connectivity index (χ4n) is 2.01. The van der Waals surface area contributed by atoms with Crippen molar-refractivity contribution in [1.82, 2.24) is 0 Å². The standard InChI is InChI=1S/C11H12Br2O/c1-6-5-7-8(12)3-4-9(14-2)10(7)11(6)13/h3-4,6,11H,5H2,1-2H3. The second-order valence-electron chi connectivity index (χ2n) is 3.73. The Balaban J connectivity index is 2.59. The molecule has 14 heavy (non-hydrogen) atoms. The monoisotopic (exact) mass is 318 g/mol. The molecule has 0 radical (unpaired) electrons. The maximum Gasteiger partial charge on any atom is 0.123 e. The van der Waals surface area contributed by atoms with E-state index in [4.69, 9.17) is 4.74 Å². The summed E-state index contributed by atoms with van der Waals surface area (Å²) in [5.41, 5.74) is 2.70. The predicted octanol–water partition coefficient (Wildman–Crippen LogP) is 4.09. The molecule has 0 heterocycles. The molecule has 1 aliphatic carbocycles. The van der Waals surface area contributed by atoms with Gasteiger partial charge in [0.25, 0.3) is 0 Å². The summed E-state index contributed by atoms with van der Waals surface area (Å²) in [6.45, 7) is 2.26. The van der Waals surface area contributed by atoms with Gasteiger partial charge >= 0.3 is 0 Å². The number of fused-ring (bicyclic) bond motifs is 1. The third-order valence-electron chi connectivity index (χ3n) is 2.78. The molecular formula is C11H12Br2O. The SMILES string of the molecule is COc1ccc(Br)c2c1C(Br)C(C)C2. The lowest BCUT2D eigenvalue weighted by atomic mass is 10.1. The fraction of sp³-hybridized carbons (Fsp3) is 0.455. The molecule has 0 N–H and O–H groups in total. The molecule has 3 heteroatoms. The van der Waals surface area contributed by atoms with Gasteiger partial charge in [-0.05, 0) is 30.0 Å². The third kappa shape index (κ3) is 1.50. The average Bonchev–Trinajstić information content (AvgIpc) is 2.47. The first kappa shape index (κ1) is 10.5. The van der Waals surface area contributed by atoms with Gasteiger partial charge in [0.2, 0.25) is 0 Å². The lowest BCUT2D eigenvalue weighted by Gasteiger charge is -2.12. The van der Waals surface area contributed by atoms with Crippen LogP contribution in [0.1, 0.15) is 22.9 Å². The molecule has 0 bridgehead atoms. The van der Waals surface area contributed by atoms with Crippen molar-refractivity contribution in [3.8, 4) is 5.75 Å². The Labute approximate surface area is 101 Å². The molecule has 2 unspecified atom stereocenters. The Bertz CT molecular complexity index is 363. The van der Waals surface area contributed by atoms with Crippen LogP contribution in [0.25, 0.3) is 0 Å². The first-order chi connectivity index (χ1) is 6.65. The zero-order valence-corrected chi connectivity index (χ0v) is 11.4. The van der Waals surface area contributed by atoms with Crippen molar-refractivity contribution in [3.05, 3.63) is 27.7 Å². The molecule has 1 aromatic carbocycles. The number of hydrogen-bond acceptors (Lipinski definition) is 1. The smallest absolute Gasteiger partial charge is 0.123 e. The highest BCUT2D eigenvalue weighted by molar-refractivity contribution is 9.10. The molecule has 76 valence electrons. The Hall–Kier alpha value is -0.0200. The number of methoxy groups -OCH3 is 1. The molecule has 0 aromatic heterocycles. The average molecular weight is 320 g/mol. The number of hydrogen-bond donors (Lipinski definition) is 0. The Morgan fingerprint density at radius 3 is 2.79 bits per heavy atom. The summed E-state index contributed by atoms with van der Waals surface area (Å²) in [7, 11) is 1.73. The van der Waals surface area contributed by atoms with Crippen LogP contribution in [0.3, 0.4) is 0 Å². The van der Waals surface area contributed by atoms with Gasteiger partial charge in [-0.15, -0.1) is 0 Å². The largest absolute Gasteiger partial charge is 0.496 e. The highest BCUT2D eigenvalue weighted by atomic mass is 79.9. The minimum absolute atomic E-state index is 0.421. The third-order valence-corrected chi connectivity index (χ3v) is 4.88. The van der Waals surface area contributed by atoms with Gasteiger partial charge in [0.1, 0.15) is 5.75 Å². The van der Waals surface area contributed by atoms with E-state index >= 15 is 0 Å². The molecule has 0 fully saturated rings. The molecule has 0 aliphatic heterocycles. The predicted molar refractivity (Wildman–Crippen MR) is 65.2 cm³/mol. The van der Waals surface area contributed by atoms with Crippen molar-refractivity contribution >= 4 is 31.9 Å². The number of halogens is 2. The zero-order chi connectivity index (χ0) is 10.3. The van der Waals surface area contributed by atoms with E-state index in [1.807, 2.05) is 6.07 Å². The molecule has 2 rings (SSSR count). The van der Waals surface area contributed by atoms with E-state index in [0.29, 0.717) is 10.7 Å². The van der Waals surface area contributed by atoms with Crippen LogP contribution < -0.4 is 4.74 Å². The van der Waals surface area contributed by atoms with Gasteiger partial charge in [0, 0.05) is 14.9 Å². The zero-order valence-electron chi connectivity index (χ0n) is 8.18. The summed E-state index contributed by atoms with van der Waals surface area (Å²) in [5, 5.41) is 0. The molecule has 1 aromatic rings. The second kappa shape index (κ2) is 3.86. The maximum atomic E-state index is 5.38. The van der Waals surface area contributed by atoms with Gasteiger partial charge in [0.05, 0.1) is 7.11 Å². The second-order valence-corrected chi connectivity index (χ2v) is 5.57. The first-order valence-electron chi connectivity index (χ1n) is 4.64. The molecule has 0 saturated heterocycles. The van der Waals surface area contributed by atoms with E-state index in [1.165, 1.54) is 15.6 Å². The van der Waals surface area contributed by atoms with Crippen LogP contribution in [0.5, 0.6) is 5.75 Å². The van der Waals surface area contributed by atoms with Crippen molar-refractivity contribution in [1.29, 1.82) is 0 Å². The number of alkyl halides is 1. The molecular weight excluding hydrogens is 308 g/mol. The van der Waals surface area contributed by atoms with Gasteiger partial charge in [-0.1, -0.05) is 38.8 Å². The van der Waals surface area contributed by atoms with Gasteiger partial charge in [-0.25, -0.2) is 0 Å². The quantitative estimate of drug-likeness (QED) is 0.709. The first-order valence-corrected chi connectivity index (χ1v) is 6.35. The molecule has 0 saturated carbocycles. The van der Waals surface area contributed by atoms with E-state index < -0.39 is 0 Å². The van der Waals surface area contributed by atoms with Crippen molar-refractivity contribution in [2.24, 2.45) is 5.92 Å². The van der Waals surface area contributed by atoms with Crippen molar-refractivity contribution < 1.29 is 4.74 Å². The van der Waals surface area contributed by atoms with Gasteiger partial charge < -0.3 is 4.74 Å². The van der Waals surface area contributed by atoms with Crippen molar-refractivity contribution in [3.63, 3.8) is 0 Å². The fourth-order valence-corrected chi connectivity index (χ4v) is 3.21. The highest BCUT2D eigenvalue weighted by Gasteiger charge is 2.31. The molecule has 0 amide bonds.